The predicted molar refractivity (Wildman–Crippen MR) is 97.0 cm³/mol. The number of ether oxygens (including phenoxy) is 1. The van der Waals surface area contributed by atoms with Crippen molar-refractivity contribution in [1.29, 1.82) is 0 Å². The molecular formula is C21H19NO2. The Morgan fingerprint density at radius 1 is 0.875 bits per heavy atom. The van der Waals surface area contributed by atoms with Crippen molar-refractivity contribution < 1.29 is 9.53 Å². The molecule has 1 N–H and O–H groups in total. The molecule has 3 rings (SSSR count). The van der Waals surface area contributed by atoms with Gasteiger partial charge in [-0.25, -0.2) is 4.79 Å². The van der Waals surface area contributed by atoms with Crippen molar-refractivity contribution >= 4 is 11.7 Å². The lowest BCUT2D eigenvalue weighted by Gasteiger charge is -2.08. The van der Waals surface area contributed by atoms with E-state index in [1.807, 2.05) is 48.5 Å². The van der Waals surface area contributed by atoms with Gasteiger partial charge in [-0.15, -0.1) is 0 Å². The first-order valence-corrected chi connectivity index (χ1v) is 7.83. The van der Waals surface area contributed by atoms with Crippen LogP contribution in [0.15, 0.2) is 78.9 Å². The van der Waals surface area contributed by atoms with Gasteiger partial charge in [-0.2, -0.15) is 0 Å². The van der Waals surface area contributed by atoms with Crippen molar-refractivity contribution in [3.63, 3.8) is 0 Å². The third-order valence-corrected chi connectivity index (χ3v) is 3.84. The lowest BCUT2D eigenvalue weighted by molar-refractivity contribution is 0.0601. The van der Waals surface area contributed by atoms with E-state index in [2.05, 4.69) is 29.6 Å². The number of para-hydroxylation sites is 1. The van der Waals surface area contributed by atoms with Gasteiger partial charge in [0.05, 0.1) is 12.7 Å². The quantitative estimate of drug-likeness (QED) is 0.690. The molecule has 0 fully saturated rings. The van der Waals surface area contributed by atoms with E-state index in [4.69, 9.17) is 4.74 Å². The molecule has 0 atom stereocenters. The van der Waals surface area contributed by atoms with Crippen LogP contribution in [0.25, 0.3) is 11.1 Å². The van der Waals surface area contributed by atoms with Crippen molar-refractivity contribution in [1.82, 2.24) is 0 Å². The molecule has 3 aromatic carbocycles. The molecule has 0 spiro atoms. The molecule has 0 aromatic heterocycles. The zero-order valence-electron chi connectivity index (χ0n) is 13.5. The van der Waals surface area contributed by atoms with Crippen molar-refractivity contribution in [2.75, 3.05) is 12.4 Å². The second-order valence-electron chi connectivity index (χ2n) is 5.49. The van der Waals surface area contributed by atoms with Crippen LogP contribution in [0, 0.1) is 0 Å². The van der Waals surface area contributed by atoms with Crippen LogP contribution in [0.3, 0.4) is 0 Å². The number of carbonyl (C=O) groups is 1. The third-order valence-electron chi connectivity index (χ3n) is 3.84. The summed E-state index contributed by atoms with van der Waals surface area (Å²) in [5.41, 5.74) is 4.94. The standard InChI is InChI=1S/C21H19NO2/c1-24-21(23)19-7-5-6-18(14-19)17-12-10-16(11-13-17)15-22-20-8-3-2-4-9-20/h2-14,22H,15H2,1H3. The average Bonchev–Trinajstić information content (AvgIpc) is 2.67. The number of carbonyl (C=O) groups excluding carboxylic acids is 1. The summed E-state index contributed by atoms with van der Waals surface area (Å²) in [5, 5.41) is 3.39. The zero-order chi connectivity index (χ0) is 16.8. The smallest absolute Gasteiger partial charge is 0.337 e. The molecule has 0 bridgehead atoms. The second-order valence-corrected chi connectivity index (χ2v) is 5.49. The van der Waals surface area contributed by atoms with Gasteiger partial charge in [0.1, 0.15) is 0 Å². The van der Waals surface area contributed by atoms with E-state index in [1.165, 1.54) is 12.7 Å². The molecule has 3 heteroatoms. The number of hydrogen-bond acceptors (Lipinski definition) is 3. The number of esters is 1. The molecule has 0 aliphatic rings. The fraction of sp³-hybridized carbons (Fsp3) is 0.0952. The molecule has 0 saturated carbocycles. The summed E-state index contributed by atoms with van der Waals surface area (Å²) in [6.45, 7) is 0.770. The van der Waals surface area contributed by atoms with E-state index in [-0.39, 0.29) is 5.97 Å². The van der Waals surface area contributed by atoms with Crippen LogP contribution in [0.1, 0.15) is 15.9 Å². The monoisotopic (exact) mass is 317 g/mol. The van der Waals surface area contributed by atoms with Crippen LogP contribution < -0.4 is 5.32 Å². The SMILES string of the molecule is COC(=O)c1cccc(-c2ccc(CNc3ccccc3)cc2)c1. The molecule has 0 amide bonds. The summed E-state index contributed by atoms with van der Waals surface area (Å²) in [6.07, 6.45) is 0. The Balaban J connectivity index is 1.71. The van der Waals surface area contributed by atoms with Gasteiger partial charge in [0.15, 0.2) is 0 Å². The Labute approximate surface area is 141 Å². The summed E-state index contributed by atoms with van der Waals surface area (Å²) in [7, 11) is 1.39. The minimum absolute atomic E-state index is 0.319. The molecule has 0 radical (unpaired) electrons. The van der Waals surface area contributed by atoms with E-state index >= 15 is 0 Å². The molecule has 0 saturated heterocycles. The summed E-state index contributed by atoms with van der Waals surface area (Å²) < 4.78 is 4.77. The zero-order valence-corrected chi connectivity index (χ0v) is 13.5. The highest BCUT2D eigenvalue weighted by molar-refractivity contribution is 5.90. The minimum atomic E-state index is -0.319. The number of nitrogens with one attached hydrogen (secondary N) is 1. The Bertz CT molecular complexity index is 811. The van der Waals surface area contributed by atoms with Crippen molar-refractivity contribution in [2.24, 2.45) is 0 Å². The van der Waals surface area contributed by atoms with Crippen LogP contribution in [-0.4, -0.2) is 13.1 Å². The van der Waals surface area contributed by atoms with Crippen LogP contribution >= 0.6 is 0 Å². The topological polar surface area (TPSA) is 38.3 Å². The molecular weight excluding hydrogens is 298 g/mol. The van der Waals surface area contributed by atoms with E-state index in [9.17, 15) is 4.79 Å². The summed E-state index contributed by atoms with van der Waals surface area (Å²) in [5.74, 6) is -0.319. The third kappa shape index (κ3) is 3.82. The largest absolute Gasteiger partial charge is 0.465 e. The highest BCUT2D eigenvalue weighted by atomic mass is 16.5. The summed E-state index contributed by atoms with van der Waals surface area (Å²) in [6, 6.07) is 25.9. The number of hydrogen-bond donors (Lipinski definition) is 1. The van der Waals surface area contributed by atoms with Gasteiger partial charge in [-0.1, -0.05) is 54.6 Å². The Hall–Kier alpha value is -3.07. The number of rotatable bonds is 5. The number of benzene rings is 3. The predicted octanol–water partition coefficient (Wildman–Crippen LogP) is 4.75. The molecule has 3 aromatic rings. The number of methoxy groups -OCH3 is 1. The molecule has 120 valence electrons. The van der Waals surface area contributed by atoms with Crippen molar-refractivity contribution in [3.05, 3.63) is 90.0 Å². The number of anilines is 1. The van der Waals surface area contributed by atoms with Crippen LogP contribution in [0.4, 0.5) is 5.69 Å². The first kappa shape index (κ1) is 15.8. The first-order chi connectivity index (χ1) is 11.8. The van der Waals surface area contributed by atoms with Gasteiger partial charge in [0, 0.05) is 12.2 Å². The molecule has 0 aliphatic carbocycles. The first-order valence-electron chi connectivity index (χ1n) is 7.83. The maximum absolute atomic E-state index is 11.6. The Morgan fingerprint density at radius 3 is 2.33 bits per heavy atom. The van der Waals surface area contributed by atoms with Gasteiger partial charge >= 0.3 is 5.97 Å². The van der Waals surface area contributed by atoms with E-state index in [1.54, 1.807) is 6.07 Å². The Kier molecular flexibility index (Phi) is 4.92. The van der Waals surface area contributed by atoms with Crippen LogP contribution in [0.2, 0.25) is 0 Å². The lowest BCUT2D eigenvalue weighted by atomic mass is 10.0. The van der Waals surface area contributed by atoms with Crippen molar-refractivity contribution in [2.45, 2.75) is 6.54 Å². The molecule has 0 unspecified atom stereocenters. The normalized spacial score (nSPS) is 10.2. The molecule has 3 nitrogen and oxygen atoms in total. The summed E-state index contributed by atoms with van der Waals surface area (Å²) in [4.78, 5) is 11.6. The van der Waals surface area contributed by atoms with E-state index in [0.29, 0.717) is 5.56 Å². The second kappa shape index (κ2) is 7.47. The highest BCUT2D eigenvalue weighted by Gasteiger charge is 2.06. The highest BCUT2D eigenvalue weighted by Crippen LogP contribution is 2.21. The van der Waals surface area contributed by atoms with E-state index < -0.39 is 0 Å². The average molecular weight is 317 g/mol. The molecule has 0 aliphatic heterocycles. The Morgan fingerprint density at radius 2 is 1.62 bits per heavy atom. The van der Waals surface area contributed by atoms with Gasteiger partial charge in [0.25, 0.3) is 0 Å². The van der Waals surface area contributed by atoms with Crippen LogP contribution in [0.5, 0.6) is 0 Å². The minimum Gasteiger partial charge on any atom is -0.465 e. The van der Waals surface area contributed by atoms with Crippen LogP contribution in [-0.2, 0) is 11.3 Å². The fourth-order valence-corrected chi connectivity index (χ4v) is 2.52. The van der Waals surface area contributed by atoms with Gasteiger partial charge in [0.2, 0.25) is 0 Å². The fourth-order valence-electron chi connectivity index (χ4n) is 2.52. The lowest BCUT2D eigenvalue weighted by Crippen LogP contribution is -2.01. The molecule has 24 heavy (non-hydrogen) atoms. The maximum Gasteiger partial charge on any atom is 0.337 e. The van der Waals surface area contributed by atoms with E-state index in [0.717, 1.165) is 23.4 Å². The van der Waals surface area contributed by atoms with Crippen molar-refractivity contribution in [3.8, 4) is 11.1 Å². The summed E-state index contributed by atoms with van der Waals surface area (Å²) >= 11 is 0. The maximum atomic E-state index is 11.6. The van der Waals surface area contributed by atoms with Gasteiger partial charge in [-0.3, -0.25) is 0 Å². The molecule has 0 heterocycles. The van der Waals surface area contributed by atoms with Gasteiger partial charge < -0.3 is 10.1 Å². The van der Waals surface area contributed by atoms with Gasteiger partial charge in [-0.05, 0) is 41.0 Å².